The second kappa shape index (κ2) is 9.64. The molecule has 1 aromatic heterocycles. The minimum absolute atomic E-state index is 0.256. The van der Waals surface area contributed by atoms with Crippen molar-refractivity contribution in [2.75, 3.05) is 17.3 Å². The largest absolute Gasteiger partial charge is 0.495 e. The molecule has 1 N–H and O–H groups in total. The Morgan fingerprint density at radius 2 is 2.06 bits per heavy atom. The Morgan fingerprint density at radius 1 is 1.29 bits per heavy atom. The van der Waals surface area contributed by atoms with Crippen molar-refractivity contribution in [2.24, 2.45) is 0 Å². The zero-order valence-electron chi connectivity index (χ0n) is 19.6. The summed E-state index contributed by atoms with van der Waals surface area (Å²) in [5.41, 5.74) is 2.79. The van der Waals surface area contributed by atoms with Gasteiger partial charge in [-0.05, 0) is 63.6 Å². The quantitative estimate of drug-likeness (QED) is 0.476. The molecule has 2 unspecified atom stereocenters. The number of carbonyl (C=O) groups is 2. The fourth-order valence-electron chi connectivity index (χ4n) is 3.99. The van der Waals surface area contributed by atoms with Gasteiger partial charge in [-0.25, -0.2) is 4.98 Å². The average Bonchev–Trinajstić information content (AvgIpc) is 3.15. The summed E-state index contributed by atoms with van der Waals surface area (Å²) in [5, 5.41) is 4.19. The molecule has 0 spiro atoms. The molecule has 0 saturated carbocycles. The van der Waals surface area contributed by atoms with Gasteiger partial charge >= 0.3 is 0 Å². The minimum atomic E-state index is -0.793. The van der Waals surface area contributed by atoms with Crippen molar-refractivity contribution in [1.82, 2.24) is 4.98 Å². The van der Waals surface area contributed by atoms with Gasteiger partial charge in [0.1, 0.15) is 17.5 Å². The van der Waals surface area contributed by atoms with E-state index < -0.39 is 12.1 Å². The Balaban J connectivity index is 1.69. The van der Waals surface area contributed by atoms with Crippen LogP contribution in [0.4, 0.5) is 11.4 Å². The molecule has 34 heavy (non-hydrogen) atoms. The zero-order valence-corrected chi connectivity index (χ0v) is 21.2. The second-order valence-corrected chi connectivity index (χ2v) is 9.87. The topological polar surface area (TPSA) is 80.8 Å². The number of hydrogen-bond donors (Lipinski definition) is 1. The number of rotatable bonds is 6. The van der Waals surface area contributed by atoms with Gasteiger partial charge in [0.2, 0.25) is 5.91 Å². The number of nitrogens with zero attached hydrogens (tertiary/aromatic N) is 2. The van der Waals surface area contributed by atoms with Crippen LogP contribution >= 0.6 is 22.9 Å². The number of aromatic nitrogens is 1. The predicted octanol–water partition coefficient (Wildman–Crippen LogP) is 5.62. The number of nitrogens with one attached hydrogen (secondary N) is 1. The van der Waals surface area contributed by atoms with Crippen LogP contribution in [-0.2, 0) is 9.59 Å². The molecule has 3 aromatic rings. The van der Waals surface area contributed by atoms with Gasteiger partial charge < -0.3 is 14.8 Å². The molecule has 0 fully saturated rings. The fourth-order valence-corrected chi connectivity index (χ4v) is 5.09. The molecule has 1 aliphatic heterocycles. The number of ether oxygens (including phenoxy) is 2. The molecule has 0 bridgehead atoms. The van der Waals surface area contributed by atoms with E-state index in [1.807, 2.05) is 39.0 Å². The van der Waals surface area contributed by atoms with Crippen molar-refractivity contribution in [2.45, 2.75) is 46.3 Å². The Bertz CT molecular complexity index is 1260. The molecule has 0 radical (unpaired) electrons. The number of methoxy groups -OCH3 is 1. The van der Waals surface area contributed by atoms with Gasteiger partial charge in [0.25, 0.3) is 5.91 Å². The zero-order chi connectivity index (χ0) is 24.6. The molecule has 2 heterocycles. The third-order valence-corrected chi connectivity index (χ3v) is 6.92. The Morgan fingerprint density at radius 3 is 2.68 bits per heavy atom. The lowest BCUT2D eigenvalue weighted by Gasteiger charge is -2.37. The van der Waals surface area contributed by atoms with E-state index in [-0.39, 0.29) is 11.8 Å². The maximum Gasteiger partial charge on any atom is 0.268 e. The summed E-state index contributed by atoms with van der Waals surface area (Å²) in [6, 6.07) is 9.84. The highest BCUT2D eigenvalue weighted by molar-refractivity contribution is 7.11. The van der Waals surface area contributed by atoms with Crippen LogP contribution in [0.15, 0.2) is 36.4 Å². The first-order valence-electron chi connectivity index (χ1n) is 11.0. The van der Waals surface area contributed by atoms with E-state index >= 15 is 0 Å². The van der Waals surface area contributed by atoms with Gasteiger partial charge in [0.15, 0.2) is 6.10 Å². The smallest absolute Gasteiger partial charge is 0.268 e. The molecule has 9 heteroatoms. The molecule has 2 amide bonds. The minimum Gasteiger partial charge on any atom is -0.495 e. The number of fused-ring (bicyclic) bond motifs is 1. The summed E-state index contributed by atoms with van der Waals surface area (Å²) in [5.74, 6) is 0.472. The molecular weight excluding hydrogens is 474 g/mol. The van der Waals surface area contributed by atoms with Crippen LogP contribution in [-0.4, -0.2) is 36.1 Å². The Labute approximate surface area is 207 Å². The van der Waals surface area contributed by atoms with Gasteiger partial charge in [-0.2, -0.15) is 0 Å². The maximum atomic E-state index is 13.3. The number of amides is 2. The van der Waals surface area contributed by atoms with Gasteiger partial charge in [-0.1, -0.05) is 18.5 Å². The number of carbonyl (C=O) groups excluding carboxylic acids is 2. The first-order chi connectivity index (χ1) is 16.2. The first kappa shape index (κ1) is 24.0. The third-order valence-electron chi connectivity index (χ3n) is 5.73. The summed E-state index contributed by atoms with van der Waals surface area (Å²) < 4.78 is 11.1. The van der Waals surface area contributed by atoms with Gasteiger partial charge in [-0.3, -0.25) is 14.5 Å². The summed E-state index contributed by atoms with van der Waals surface area (Å²) in [7, 11) is 1.52. The highest BCUT2D eigenvalue weighted by atomic mass is 35.5. The van der Waals surface area contributed by atoms with Crippen molar-refractivity contribution < 1.29 is 19.1 Å². The van der Waals surface area contributed by atoms with Crippen molar-refractivity contribution in [3.8, 4) is 22.8 Å². The highest BCUT2D eigenvalue weighted by Crippen LogP contribution is 2.40. The molecule has 0 saturated heterocycles. The van der Waals surface area contributed by atoms with E-state index in [1.54, 1.807) is 36.5 Å². The van der Waals surface area contributed by atoms with E-state index in [0.717, 1.165) is 21.1 Å². The Hall–Kier alpha value is -3.10. The lowest BCUT2D eigenvalue weighted by molar-refractivity contribution is -0.129. The first-order valence-corrected chi connectivity index (χ1v) is 12.2. The van der Waals surface area contributed by atoms with E-state index in [9.17, 15) is 9.59 Å². The summed E-state index contributed by atoms with van der Waals surface area (Å²) in [6.45, 7) is 7.56. The number of benzene rings is 2. The normalized spacial score (nSPS) is 16.0. The average molecular weight is 500 g/mol. The number of thiazole rings is 1. The molecule has 0 aliphatic carbocycles. The van der Waals surface area contributed by atoms with E-state index in [0.29, 0.717) is 34.3 Å². The van der Waals surface area contributed by atoms with Crippen LogP contribution in [0, 0.1) is 13.8 Å². The van der Waals surface area contributed by atoms with Crippen molar-refractivity contribution >= 4 is 46.1 Å². The molecule has 2 atom stereocenters. The lowest BCUT2D eigenvalue weighted by Crippen LogP contribution is -2.53. The SMILES string of the molecule is CCC1Oc2ccc(-c3nc(C)sc3C)cc2N(C(C)C(=O)Nc2ccc(OC)c(Cl)c2)C1=O. The van der Waals surface area contributed by atoms with Crippen molar-refractivity contribution in [3.63, 3.8) is 0 Å². The molecule has 2 aromatic carbocycles. The second-order valence-electron chi connectivity index (χ2n) is 8.06. The van der Waals surface area contributed by atoms with Gasteiger partial charge in [-0.15, -0.1) is 11.3 Å². The van der Waals surface area contributed by atoms with Crippen LogP contribution in [0.5, 0.6) is 11.5 Å². The standard InChI is InChI=1S/C25H26ClN3O4S/c1-6-20-25(31)29(13(2)24(30)28-17-8-10-21(32-5)18(26)12-17)19-11-16(7-9-22(19)33-20)23-14(3)34-15(4)27-23/h7-13,20H,6H2,1-5H3,(H,28,30). The van der Waals surface area contributed by atoms with Crippen molar-refractivity contribution in [3.05, 3.63) is 51.3 Å². The number of hydrogen-bond acceptors (Lipinski definition) is 6. The Kier molecular flexibility index (Phi) is 6.81. The summed E-state index contributed by atoms with van der Waals surface area (Å²) in [4.78, 5) is 33.8. The van der Waals surface area contributed by atoms with Crippen LogP contribution in [0.1, 0.15) is 30.2 Å². The number of anilines is 2. The fraction of sp³-hybridized carbons (Fsp3) is 0.320. The van der Waals surface area contributed by atoms with Crippen LogP contribution < -0.4 is 19.7 Å². The van der Waals surface area contributed by atoms with E-state index in [1.165, 1.54) is 12.0 Å². The van der Waals surface area contributed by atoms with E-state index in [4.69, 9.17) is 21.1 Å². The molecule has 7 nitrogen and oxygen atoms in total. The van der Waals surface area contributed by atoms with Crippen molar-refractivity contribution in [1.29, 1.82) is 0 Å². The van der Waals surface area contributed by atoms with Crippen LogP contribution in [0.2, 0.25) is 5.02 Å². The molecular formula is C25H26ClN3O4S. The highest BCUT2D eigenvalue weighted by Gasteiger charge is 2.38. The summed E-state index contributed by atoms with van der Waals surface area (Å²) in [6.07, 6.45) is -0.170. The molecule has 4 rings (SSSR count). The predicted molar refractivity (Wildman–Crippen MR) is 135 cm³/mol. The number of halogens is 1. The van der Waals surface area contributed by atoms with Gasteiger partial charge in [0.05, 0.1) is 28.5 Å². The number of aryl methyl sites for hydroxylation is 2. The molecule has 1 aliphatic rings. The van der Waals surface area contributed by atoms with Gasteiger partial charge in [0, 0.05) is 16.1 Å². The van der Waals surface area contributed by atoms with Crippen LogP contribution in [0.3, 0.4) is 0 Å². The summed E-state index contributed by atoms with van der Waals surface area (Å²) >= 11 is 7.81. The maximum absolute atomic E-state index is 13.3. The van der Waals surface area contributed by atoms with E-state index in [2.05, 4.69) is 10.3 Å². The monoisotopic (exact) mass is 499 g/mol. The lowest BCUT2D eigenvalue weighted by atomic mass is 10.0. The third kappa shape index (κ3) is 4.48. The molecule has 178 valence electrons. The van der Waals surface area contributed by atoms with Crippen LogP contribution in [0.25, 0.3) is 11.3 Å².